The van der Waals surface area contributed by atoms with E-state index >= 15 is 0 Å². The van der Waals surface area contributed by atoms with E-state index in [2.05, 4.69) is 5.32 Å². The van der Waals surface area contributed by atoms with E-state index in [1.54, 1.807) is 12.1 Å². The van der Waals surface area contributed by atoms with Crippen molar-refractivity contribution >= 4 is 5.91 Å². The van der Waals surface area contributed by atoms with Crippen molar-refractivity contribution < 1.29 is 27.8 Å². The highest BCUT2D eigenvalue weighted by atomic mass is 19.4. The first kappa shape index (κ1) is 23.5. The van der Waals surface area contributed by atoms with Gasteiger partial charge in [-0.2, -0.15) is 13.2 Å². The zero-order valence-corrected chi connectivity index (χ0v) is 19.2. The molecular weight excluding hydrogens is 407 g/mol. The molecule has 2 N–H and O–H groups in total. The topological polar surface area (TPSA) is 58.6 Å². The summed E-state index contributed by atoms with van der Waals surface area (Å²) in [7, 11) is 0. The summed E-state index contributed by atoms with van der Waals surface area (Å²) in [4.78, 5) is 12.7. The maximum atomic E-state index is 13.2. The van der Waals surface area contributed by atoms with Gasteiger partial charge in [0.05, 0.1) is 0 Å². The van der Waals surface area contributed by atoms with Crippen LogP contribution in [0.1, 0.15) is 78.4 Å². The molecule has 172 valence electrons. The first-order valence-corrected chi connectivity index (χ1v) is 10.6. The van der Waals surface area contributed by atoms with Gasteiger partial charge in [0.25, 0.3) is 0 Å². The smallest absolute Gasteiger partial charge is 0.410 e. The summed E-state index contributed by atoms with van der Waals surface area (Å²) in [6.45, 7) is 12.0. The minimum Gasteiger partial charge on any atom is -0.508 e. The van der Waals surface area contributed by atoms with Gasteiger partial charge in [-0.15, -0.1) is 0 Å². The van der Waals surface area contributed by atoms with E-state index in [0.717, 1.165) is 19.4 Å². The molecule has 0 bridgehead atoms. The molecule has 0 fully saturated rings. The number of carbonyl (C=O) groups excluding carboxylic acids is 1. The van der Waals surface area contributed by atoms with Crippen LogP contribution < -0.4 is 10.1 Å². The monoisotopic (exact) mass is 439 g/mol. The summed E-state index contributed by atoms with van der Waals surface area (Å²) >= 11 is 0. The standard InChI is InChI=1S/C24H32F3NO3/c1-21(2,3)14-11-17(29)19-15-10-13(20(30)28-23(6,7)24(25,26)27)8-9-16(15)22(4,5)31-18(19)12-14/h8,11-12,15-16,29H,9-10H2,1-7H3,(H,28,30). The number of phenolic OH excluding ortho intramolecular Hbond substituents is 1. The predicted octanol–water partition coefficient (Wildman–Crippen LogP) is 5.74. The van der Waals surface area contributed by atoms with Crippen LogP contribution in [-0.2, 0) is 10.2 Å². The summed E-state index contributed by atoms with van der Waals surface area (Å²) in [5.74, 6) is -0.290. The number of amides is 1. The van der Waals surface area contributed by atoms with Crippen molar-refractivity contribution in [2.75, 3.05) is 0 Å². The van der Waals surface area contributed by atoms with Gasteiger partial charge in [0.1, 0.15) is 22.6 Å². The summed E-state index contributed by atoms with van der Waals surface area (Å²) in [5, 5.41) is 13.0. The van der Waals surface area contributed by atoms with Crippen molar-refractivity contribution in [2.45, 2.75) is 90.0 Å². The number of hydrogen-bond acceptors (Lipinski definition) is 3. The number of carbonyl (C=O) groups is 1. The number of allylic oxidation sites excluding steroid dienone is 1. The molecular formula is C24H32F3NO3. The van der Waals surface area contributed by atoms with E-state index in [9.17, 15) is 23.1 Å². The number of halogens is 3. The van der Waals surface area contributed by atoms with Crippen molar-refractivity contribution in [1.29, 1.82) is 0 Å². The van der Waals surface area contributed by atoms with Gasteiger partial charge in [0, 0.05) is 23.0 Å². The van der Waals surface area contributed by atoms with Crippen molar-refractivity contribution in [1.82, 2.24) is 5.32 Å². The molecule has 0 aromatic heterocycles. The molecule has 0 radical (unpaired) electrons. The highest BCUT2D eigenvalue weighted by molar-refractivity contribution is 5.94. The number of alkyl halides is 3. The van der Waals surface area contributed by atoms with Gasteiger partial charge in [0.15, 0.2) is 0 Å². The highest BCUT2D eigenvalue weighted by Crippen LogP contribution is 2.54. The van der Waals surface area contributed by atoms with Gasteiger partial charge in [0.2, 0.25) is 5.91 Å². The van der Waals surface area contributed by atoms with Gasteiger partial charge >= 0.3 is 6.18 Å². The van der Waals surface area contributed by atoms with Crippen LogP contribution in [-0.4, -0.2) is 28.3 Å². The van der Waals surface area contributed by atoms with Crippen LogP contribution in [0.15, 0.2) is 23.8 Å². The minimum absolute atomic E-state index is 0.0152. The van der Waals surface area contributed by atoms with Crippen LogP contribution in [0.2, 0.25) is 0 Å². The highest BCUT2D eigenvalue weighted by Gasteiger charge is 2.50. The normalized spacial score (nSPS) is 23.2. The fraction of sp³-hybridized carbons (Fsp3) is 0.625. The van der Waals surface area contributed by atoms with E-state index < -0.39 is 23.2 Å². The molecule has 0 saturated carbocycles. The molecule has 1 aliphatic carbocycles. The van der Waals surface area contributed by atoms with Crippen LogP contribution in [0.5, 0.6) is 11.5 Å². The molecule has 2 aliphatic rings. The third-order valence-corrected chi connectivity index (χ3v) is 6.59. The molecule has 0 saturated heterocycles. The quantitative estimate of drug-likeness (QED) is 0.618. The second-order valence-electron chi connectivity index (χ2n) is 10.8. The predicted molar refractivity (Wildman–Crippen MR) is 113 cm³/mol. The lowest BCUT2D eigenvalue weighted by Gasteiger charge is -2.47. The summed E-state index contributed by atoms with van der Waals surface area (Å²) in [6.07, 6.45) is -2.13. The van der Waals surface area contributed by atoms with Crippen molar-refractivity contribution in [3.05, 3.63) is 34.9 Å². The van der Waals surface area contributed by atoms with Crippen LogP contribution >= 0.6 is 0 Å². The summed E-state index contributed by atoms with van der Waals surface area (Å²) < 4.78 is 46.0. The molecule has 1 amide bonds. The Morgan fingerprint density at radius 1 is 1.16 bits per heavy atom. The van der Waals surface area contributed by atoms with Gasteiger partial charge < -0.3 is 15.2 Å². The number of ether oxygens (including phenoxy) is 1. The zero-order valence-electron chi connectivity index (χ0n) is 19.2. The molecule has 7 heteroatoms. The number of phenols is 1. The second kappa shape index (κ2) is 7.17. The fourth-order valence-corrected chi connectivity index (χ4v) is 4.45. The number of hydrogen-bond donors (Lipinski definition) is 2. The van der Waals surface area contributed by atoms with E-state index in [1.807, 2.05) is 40.7 Å². The molecule has 1 aliphatic heterocycles. The Labute approximate surface area is 181 Å². The molecule has 3 rings (SSSR count). The lowest BCUT2D eigenvalue weighted by Crippen LogP contribution is -2.55. The fourth-order valence-electron chi connectivity index (χ4n) is 4.45. The zero-order chi connectivity index (χ0) is 23.6. The Morgan fingerprint density at radius 3 is 2.32 bits per heavy atom. The van der Waals surface area contributed by atoms with Gasteiger partial charge in [-0.25, -0.2) is 0 Å². The number of benzene rings is 1. The Hall–Kier alpha value is -2.18. The van der Waals surface area contributed by atoms with Crippen LogP contribution in [0, 0.1) is 5.92 Å². The maximum absolute atomic E-state index is 13.2. The summed E-state index contributed by atoms with van der Waals surface area (Å²) in [6, 6.07) is 3.65. The molecule has 1 aromatic carbocycles. The molecule has 0 spiro atoms. The first-order chi connectivity index (χ1) is 13.9. The third-order valence-electron chi connectivity index (χ3n) is 6.59. The number of nitrogens with one attached hydrogen (secondary N) is 1. The largest absolute Gasteiger partial charge is 0.508 e. The second-order valence-corrected chi connectivity index (χ2v) is 10.8. The van der Waals surface area contributed by atoms with Crippen LogP contribution in [0.3, 0.4) is 0 Å². The van der Waals surface area contributed by atoms with E-state index in [4.69, 9.17) is 4.74 Å². The maximum Gasteiger partial charge on any atom is 0.410 e. The first-order valence-electron chi connectivity index (χ1n) is 10.6. The Morgan fingerprint density at radius 2 is 1.77 bits per heavy atom. The van der Waals surface area contributed by atoms with Crippen LogP contribution in [0.4, 0.5) is 13.2 Å². The third kappa shape index (κ3) is 4.28. The van der Waals surface area contributed by atoms with Crippen molar-refractivity contribution in [3.63, 3.8) is 0 Å². The van der Waals surface area contributed by atoms with Crippen molar-refractivity contribution in [2.24, 2.45) is 5.92 Å². The minimum atomic E-state index is -4.56. The Kier molecular flexibility index (Phi) is 5.43. The Balaban J connectivity index is 1.97. The van der Waals surface area contributed by atoms with E-state index in [1.165, 1.54) is 0 Å². The lowest BCUT2D eigenvalue weighted by molar-refractivity contribution is -0.187. The molecule has 4 nitrogen and oxygen atoms in total. The van der Waals surface area contributed by atoms with E-state index in [0.29, 0.717) is 23.3 Å². The summed E-state index contributed by atoms with van der Waals surface area (Å²) in [5.41, 5.74) is -1.22. The lowest BCUT2D eigenvalue weighted by atomic mass is 9.66. The number of rotatable bonds is 2. The van der Waals surface area contributed by atoms with Crippen molar-refractivity contribution in [3.8, 4) is 11.5 Å². The van der Waals surface area contributed by atoms with Crippen LogP contribution in [0.25, 0.3) is 0 Å². The number of aromatic hydroxyl groups is 1. The molecule has 1 heterocycles. The average Bonchev–Trinajstić information content (AvgIpc) is 2.58. The van der Waals surface area contributed by atoms with Gasteiger partial charge in [-0.1, -0.05) is 26.8 Å². The van der Waals surface area contributed by atoms with E-state index in [-0.39, 0.29) is 29.4 Å². The Bertz CT molecular complexity index is 923. The van der Waals surface area contributed by atoms with Gasteiger partial charge in [-0.05, 0) is 63.6 Å². The molecule has 1 aromatic rings. The molecule has 2 atom stereocenters. The molecule has 2 unspecified atom stereocenters. The van der Waals surface area contributed by atoms with Gasteiger partial charge in [-0.3, -0.25) is 4.79 Å². The molecule has 31 heavy (non-hydrogen) atoms. The average molecular weight is 440 g/mol. The SMILES string of the molecule is CC(C)(C)c1cc(O)c2c(c1)OC(C)(C)C1CC=C(C(=O)NC(C)(C)C(F)(F)F)CC21. The number of fused-ring (bicyclic) bond motifs is 3.